The Kier molecular flexibility index (Phi) is 4.49. The number of hydrogen-bond acceptors (Lipinski definition) is 3. The van der Waals surface area contributed by atoms with E-state index in [0.717, 1.165) is 11.1 Å². The Morgan fingerprint density at radius 1 is 1.11 bits per heavy atom. The second kappa shape index (κ2) is 7.11. The van der Waals surface area contributed by atoms with Crippen LogP contribution in [0.25, 0.3) is 16.8 Å². The van der Waals surface area contributed by atoms with Crippen LogP contribution in [0.2, 0.25) is 0 Å². The van der Waals surface area contributed by atoms with Gasteiger partial charge in [0.25, 0.3) is 5.56 Å². The predicted molar refractivity (Wildman–Crippen MR) is 105 cm³/mol. The highest BCUT2D eigenvalue weighted by atomic mass is 19.1. The van der Waals surface area contributed by atoms with Gasteiger partial charge in [0, 0.05) is 23.6 Å². The zero-order valence-electron chi connectivity index (χ0n) is 15.1. The molecule has 1 amide bonds. The number of rotatable bonds is 4. The molecule has 2 aromatic heterocycles. The summed E-state index contributed by atoms with van der Waals surface area (Å²) in [5, 5.41) is 7.06. The Balaban J connectivity index is 1.60. The van der Waals surface area contributed by atoms with Crippen molar-refractivity contribution in [2.24, 2.45) is 0 Å². The summed E-state index contributed by atoms with van der Waals surface area (Å²) in [6.07, 6.45) is 3.14. The van der Waals surface area contributed by atoms with E-state index >= 15 is 0 Å². The smallest absolute Gasteiger partial charge is 0.277 e. The molecule has 0 spiro atoms. The molecule has 28 heavy (non-hydrogen) atoms. The fourth-order valence-corrected chi connectivity index (χ4v) is 2.97. The minimum absolute atomic E-state index is 0.183. The van der Waals surface area contributed by atoms with Crippen molar-refractivity contribution in [1.29, 1.82) is 0 Å². The van der Waals surface area contributed by atoms with Gasteiger partial charge in [-0.2, -0.15) is 5.10 Å². The van der Waals surface area contributed by atoms with Gasteiger partial charge in [-0.15, -0.1) is 0 Å². The molecule has 0 unspecified atom stereocenters. The molecule has 0 aliphatic heterocycles. The molecule has 4 rings (SSSR count). The molecule has 0 fully saturated rings. The highest BCUT2D eigenvalue weighted by molar-refractivity contribution is 5.91. The van der Waals surface area contributed by atoms with Crippen LogP contribution in [0.1, 0.15) is 5.56 Å². The molecule has 0 radical (unpaired) electrons. The number of halogens is 1. The van der Waals surface area contributed by atoms with Crippen LogP contribution in [-0.2, 0) is 11.3 Å². The zero-order valence-corrected chi connectivity index (χ0v) is 15.1. The van der Waals surface area contributed by atoms with Gasteiger partial charge in [0.1, 0.15) is 17.9 Å². The number of benzene rings is 2. The van der Waals surface area contributed by atoms with E-state index in [1.165, 1.54) is 27.4 Å². The van der Waals surface area contributed by atoms with Crippen LogP contribution < -0.4 is 10.9 Å². The second-order valence-electron chi connectivity index (χ2n) is 6.46. The Morgan fingerprint density at radius 2 is 1.89 bits per heavy atom. The van der Waals surface area contributed by atoms with Crippen LogP contribution in [0, 0.1) is 12.7 Å². The summed E-state index contributed by atoms with van der Waals surface area (Å²) in [5.41, 5.74) is 2.74. The van der Waals surface area contributed by atoms with Crippen molar-refractivity contribution in [1.82, 2.24) is 14.2 Å². The molecule has 0 atom stereocenters. The fourth-order valence-electron chi connectivity index (χ4n) is 2.97. The lowest BCUT2D eigenvalue weighted by molar-refractivity contribution is -0.116. The van der Waals surface area contributed by atoms with E-state index in [9.17, 15) is 14.0 Å². The average molecular weight is 376 g/mol. The van der Waals surface area contributed by atoms with Gasteiger partial charge >= 0.3 is 0 Å². The van der Waals surface area contributed by atoms with E-state index in [1.54, 1.807) is 25.3 Å². The van der Waals surface area contributed by atoms with Crippen molar-refractivity contribution in [3.05, 3.63) is 88.7 Å². The van der Waals surface area contributed by atoms with Crippen molar-refractivity contribution in [3.8, 4) is 11.3 Å². The number of nitrogens with zero attached hydrogens (tertiary/aromatic N) is 3. The molecule has 2 aromatic carbocycles. The average Bonchev–Trinajstić information content (AvgIpc) is 3.13. The van der Waals surface area contributed by atoms with Crippen molar-refractivity contribution in [2.75, 3.05) is 5.32 Å². The highest BCUT2D eigenvalue weighted by Gasteiger charge is 2.12. The van der Waals surface area contributed by atoms with Crippen molar-refractivity contribution in [3.63, 3.8) is 0 Å². The van der Waals surface area contributed by atoms with Crippen molar-refractivity contribution >= 4 is 17.1 Å². The summed E-state index contributed by atoms with van der Waals surface area (Å²) in [5.74, 6) is -0.852. The Labute approximate surface area is 159 Å². The molecular formula is C21H17FN4O2. The fraction of sp³-hybridized carbons (Fsp3) is 0.0952. The van der Waals surface area contributed by atoms with E-state index in [2.05, 4.69) is 10.4 Å². The third-order valence-electron chi connectivity index (χ3n) is 4.46. The second-order valence-corrected chi connectivity index (χ2v) is 6.46. The van der Waals surface area contributed by atoms with Gasteiger partial charge in [-0.05, 0) is 30.7 Å². The van der Waals surface area contributed by atoms with Crippen LogP contribution in [0.15, 0.2) is 71.8 Å². The normalized spacial score (nSPS) is 10.9. The van der Waals surface area contributed by atoms with E-state index in [0.29, 0.717) is 16.9 Å². The maximum absolute atomic E-state index is 13.4. The van der Waals surface area contributed by atoms with Crippen molar-refractivity contribution < 1.29 is 9.18 Å². The molecule has 0 bridgehead atoms. The first-order valence-corrected chi connectivity index (χ1v) is 8.71. The molecule has 0 aliphatic carbocycles. The van der Waals surface area contributed by atoms with Gasteiger partial charge in [0.15, 0.2) is 0 Å². The van der Waals surface area contributed by atoms with Gasteiger partial charge < -0.3 is 9.88 Å². The third kappa shape index (κ3) is 3.42. The van der Waals surface area contributed by atoms with Gasteiger partial charge in [-0.25, -0.2) is 8.91 Å². The highest BCUT2D eigenvalue weighted by Crippen LogP contribution is 2.18. The van der Waals surface area contributed by atoms with E-state index in [-0.39, 0.29) is 12.1 Å². The lowest BCUT2D eigenvalue weighted by atomic mass is 10.1. The molecule has 4 aromatic rings. The minimum Gasteiger partial charge on any atom is -0.324 e. The van der Waals surface area contributed by atoms with Crippen LogP contribution >= 0.6 is 0 Å². The first-order chi connectivity index (χ1) is 13.5. The maximum Gasteiger partial charge on any atom is 0.277 e. The van der Waals surface area contributed by atoms with Crippen LogP contribution in [-0.4, -0.2) is 20.1 Å². The monoisotopic (exact) mass is 376 g/mol. The van der Waals surface area contributed by atoms with Crippen LogP contribution in [0.5, 0.6) is 0 Å². The molecule has 6 nitrogen and oxygen atoms in total. The Bertz CT molecular complexity index is 1230. The lowest BCUT2D eigenvalue weighted by Gasteiger charge is -2.10. The quantitative estimate of drug-likeness (QED) is 0.594. The molecule has 1 N–H and O–H groups in total. The number of nitrogens with one attached hydrogen (secondary N) is 1. The summed E-state index contributed by atoms with van der Waals surface area (Å²) in [6, 6.07) is 15.4. The summed E-state index contributed by atoms with van der Waals surface area (Å²) >= 11 is 0. The molecule has 0 saturated heterocycles. The van der Waals surface area contributed by atoms with Gasteiger partial charge in [0.05, 0.1) is 5.69 Å². The first kappa shape index (κ1) is 17.7. The molecule has 2 heterocycles. The number of aromatic nitrogens is 3. The first-order valence-electron chi connectivity index (χ1n) is 8.71. The summed E-state index contributed by atoms with van der Waals surface area (Å²) in [7, 11) is 0. The van der Waals surface area contributed by atoms with E-state index in [4.69, 9.17) is 0 Å². The summed E-state index contributed by atoms with van der Waals surface area (Å²) in [4.78, 5) is 25.1. The predicted octanol–water partition coefficient (Wildman–Crippen LogP) is 3.25. The molecule has 140 valence electrons. The van der Waals surface area contributed by atoms with E-state index in [1.807, 2.05) is 30.3 Å². The number of carbonyl (C=O) groups excluding carboxylic acids is 1. The SMILES string of the molecule is Cc1ccc(F)cc1NC(=O)Cn1ccn2nc(-c3ccccc3)cc2c1=O. The van der Waals surface area contributed by atoms with Gasteiger partial charge in [-0.3, -0.25) is 9.59 Å². The standard InChI is InChI=1S/C21H17FN4O2/c1-14-7-8-16(22)11-17(14)23-20(27)13-25-9-10-26-19(21(25)28)12-18(24-26)15-5-3-2-4-6-15/h2-12H,13H2,1H3,(H,23,27). The molecule has 0 aliphatic rings. The molecule has 0 saturated carbocycles. The third-order valence-corrected chi connectivity index (χ3v) is 4.46. The van der Waals surface area contributed by atoms with Crippen LogP contribution in [0.4, 0.5) is 10.1 Å². The van der Waals surface area contributed by atoms with E-state index < -0.39 is 11.7 Å². The number of hydrogen-bond donors (Lipinski definition) is 1. The minimum atomic E-state index is -0.438. The zero-order chi connectivity index (χ0) is 19.7. The Morgan fingerprint density at radius 3 is 2.68 bits per heavy atom. The largest absolute Gasteiger partial charge is 0.324 e. The maximum atomic E-state index is 13.4. The molecule has 7 heteroatoms. The lowest BCUT2D eigenvalue weighted by Crippen LogP contribution is -2.28. The van der Waals surface area contributed by atoms with Crippen LogP contribution in [0.3, 0.4) is 0 Å². The Hall–Kier alpha value is -3.74. The topological polar surface area (TPSA) is 68.4 Å². The van der Waals surface area contributed by atoms with Gasteiger partial charge in [0.2, 0.25) is 5.91 Å². The van der Waals surface area contributed by atoms with Crippen molar-refractivity contribution in [2.45, 2.75) is 13.5 Å². The number of anilines is 1. The number of fused-ring (bicyclic) bond motifs is 1. The van der Waals surface area contributed by atoms with Gasteiger partial charge in [-0.1, -0.05) is 36.4 Å². The number of carbonyl (C=O) groups is 1. The molecular weight excluding hydrogens is 359 g/mol. The number of aryl methyl sites for hydroxylation is 1. The summed E-state index contributed by atoms with van der Waals surface area (Å²) < 4.78 is 16.2. The summed E-state index contributed by atoms with van der Waals surface area (Å²) in [6.45, 7) is 1.59. The number of amides is 1.